The fraction of sp³-hybridized carbons (Fsp3) is 0.846. The summed E-state index contributed by atoms with van der Waals surface area (Å²) in [4.78, 5) is 14.5. The van der Waals surface area contributed by atoms with Crippen molar-refractivity contribution in [1.29, 1.82) is 0 Å². The Balaban J connectivity index is 4.23. The maximum atomic E-state index is 12.1. The molecular formula is C13H27N3OS. The van der Waals surface area contributed by atoms with Crippen LogP contribution in [0.15, 0.2) is 0 Å². The molecule has 5 heteroatoms. The maximum Gasteiger partial charge on any atom is 0.232 e. The molecule has 18 heavy (non-hydrogen) atoms. The second-order valence-corrected chi connectivity index (χ2v) is 5.48. The molecule has 0 aliphatic heterocycles. The van der Waals surface area contributed by atoms with Gasteiger partial charge in [-0.25, -0.2) is 0 Å². The van der Waals surface area contributed by atoms with Crippen LogP contribution in [0.4, 0.5) is 0 Å². The molecule has 0 bridgehead atoms. The van der Waals surface area contributed by atoms with Gasteiger partial charge in [0.2, 0.25) is 5.91 Å². The SMILES string of the molecule is CCC(C)N(C)CCNC(=O)C(C)(CC)C(N)=S. The summed E-state index contributed by atoms with van der Waals surface area (Å²) >= 11 is 4.97. The molecule has 3 N–H and O–H groups in total. The van der Waals surface area contributed by atoms with Crippen molar-refractivity contribution in [2.45, 2.75) is 46.6 Å². The average Bonchev–Trinajstić information content (AvgIpc) is 2.35. The number of carbonyl (C=O) groups is 1. The average molecular weight is 273 g/mol. The molecule has 0 radical (unpaired) electrons. The monoisotopic (exact) mass is 273 g/mol. The number of carbonyl (C=O) groups excluding carboxylic acids is 1. The quantitative estimate of drug-likeness (QED) is 0.659. The zero-order valence-electron chi connectivity index (χ0n) is 12.2. The fourth-order valence-electron chi connectivity index (χ4n) is 1.52. The molecule has 106 valence electrons. The molecule has 0 saturated carbocycles. The smallest absolute Gasteiger partial charge is 0.232 e. The Morgan fingerprint density at radius 1 is 1.50 bits per heavy atom. The molecule has 0 saturated heterocycles. The first-order chi connectivity index (χ1) is 8.29. The highest BCUT2D eigenvalue weighted by Crippen LogP contribution is 2.21. The highest BCUT2D eigenvalue weighted by atomic mass is 32.1. The van der Waals surface area contributed by atoms with Gasteiger partial charge < -0.3 is 16.0 Å². The Labute approximate surface area is 116 Å². The van der Waals surface area contributed by atoms with Gasteiger partial charge in [-0.2, -0.15) is 0 Å². The number of amides is 1. The Kier molecular flexibility index (Phi) is 7.40. The Hall–Kier alpha value is -0.680. The molecule has 1 amide bonds. The van der Waals surface area contributed by atoms with Crippen LogP contribution in [0.1, 0.15) is 40.5 Å². The molecule has 0 heterocycles. The van der Waals surface area contributed by atoms with Gasteiger partial charge in [-0.05, 0) is 33.7 Å². The minimum atomic E-state index is -0.732. The Morgan fingerprint density at radius 3 is 2.44 bits per heavy atom. The molecule has 0 aromatic carbocycles. The lowest BCUT2D eigenvalue weighted by Crippen LogP contribution is -2.48. The molecule has 0 spiro atoms. The Bertz CT molecular complexity index is 296. The highest BCUT2D eigenvalue weighted by molar-refractivity contribution is 7.80. The van der Waals surface area contributed by atoms with Crippen molar-refractivity contribution in [3.63, 3.8) is 0 Å². The topological polar surface area (TPSA) is 58.4 Å². The molecule has 0 fully saturated rings. The van der Waals surface area contributed by atoms with E-state index in [9.17, 15) is 4.79 Å². The van der Waals surface area contributed by atoms with Crippen LogP contribution in [0.3, 0.4) is 0 Å². The van der Waals surface area contributed by atoms with Crippen LogP contribution in [0, 0.1) is 5.41 Å². The van der Waals surface area contributed by atoms with E-state index in [1.807, 2.05) is 6.92 Å². The highest BCUT2D eigenvalue weighted by Gasteiger charge is 2.34. The maximum absolute atomic E-state index is 12.1. The van der Waals surface area contributed by atoms with Gasteiger partial charge in [0.1, 0.15) is 0 Å². The van der Waals surface area contributed by atoms with Crippen LogP contribution in [0.5, 0.6) is 0 Å². The summed E-state index contributed by atoms with van der Waals surface area (Å²) in [6.07, 6.45) is 1.72. The number of nitrogens with two attached hydrogens (primary N) is 1. The van der Waals surface area contributed by atoms with E-state index in [1.54, 1.807) is 6.92 Å². The van der Waals surface area contributed by atoms with Gasteiger partial charge in [0.25, 0.3) is 0 Å². The van der Waals surface area contributed by atoms with Crippen molar-refractivity contribution < 1.29 is 4.79 Å². The standard InChI is InChI=1S/C13H27N3OS/c1-6-10(3)16(5)9-8-15-12(17)13(4,7-2)11(14)18/h10H,6-9H2,1-5H3,(H2,14,18)(H,15,17). The van der Waals surface area contributed by atoms with E-state index in [4.69, 9.17) is 18.0 Å². The third kappa shape index (κ3) is 4.53. The van der Waals surface area contributed by atoms with Crippen molar-refractivity contribution in [1.82, 2.24) is 10.2 Å². The third-order valence-corrected chi connectivity index (χ3v) is 4.30. The summed E-state index contributed by atoms with van der Waals surface area (Å²) in [5.41, 5.74) is 4.91. The van der Waals surface area contributed by atoms with Crippen LogP contribution >= 0.6 is 12.2 Å². The summed E-state index contributed by atoms with van der Waals surface area (Å²) in [5, 5.41) is 2.92. The minimum Gasteiger partial charge on any atom is -0.392 e. The summed E-state index contributed by atoms with van der Waals surface area (Å²) < 4.78 is 0. The zero-order chi connectivity index (χ0) is 14.3. The van der Waals surface area contributed by atoms with Crippen molar-refractivity contribution in [3.05, 3.63) is 0 Å². The van der Waals surface area contributed by atoms with Crippen molar-refractivity contribution in [2.24, 2.45) is 11.1 Å². The molecule has 2 atom stereocenters. The fourth-order valence-corrected chi connectivity index (χ4v) is 1.76. The van der Waals surface area contributed by atoms with Crippen LogP contribution in [-0.2, 0) is 4.79 Å². The first kappa shape index (κ1) is 17.3. The summed E-state index contributed by atoms with van der Waals surface area (Å²) in [7, 11) is 2.06. The van der Waals surface area contributed by atoms with E-state index in [-0.39, 0.29) is 10.9 Å². The minimum absolute atomic E-state index is 0.0740. The van der Waals surface area contributed by atoms with Gasteiger partial charge in [-0.3, -0.25) is 4.79 Å². The van der Waals surface area contributed by atoms with Crippen LogP contribution < -0.4 is 11.1 Å². The molecule has 0 aromatic heterocycles. The van der Waals surface area contributed by atoms with E-state index in [0.29, 0.717) is 19.0 Å². The zero-order valence-corrected chi connectivity index (χ0v) is 13.1. The number of likely N-dealkylation sites (N-methyl/N-ethyl adjacent to an activating group) is 1. The number of hydrogen-bond donors (Lipinski definition) is 2. The van der Waals surface area contributed by atoms with E-state index in [0.717, 1.165) is 13.0 Å². The number of thiocarbonyl (C=S) groups is 1. The number of hydrogen-bond acceptors (Lipinski definition) is 3. The van der Waals surface area contributed by atoms with Crippen LogP contribution in [-0.4, -0.2) is 42.0 Å². The van der Waals surface area contributed by atoms with E-state index < -0.39 is 5.41 Å². The van der Waals surface area contributed by atoms with Crippen molar-refractivity contribution in [2.75, 3.05) is 20.1 Å². The van der Waals surface area contributed by atoms with Crippen molar-refractivity contribution >= 4 is 23.1 Å². The van der Waals surface area contributed by atoms with Gasteiger partial charge in [0.15, 0.2) is 0 Å². The molecule has 2 unspecified atom stereocenters. The number of nitrogens with one attached hydrogen (secondary N) is 1. The second kappa shape index (κ2) is 7.69. The van der Waals surface area contributed by atoms with Crippen LogP contribution in [0.2, 0.25) is 0 Å². The van der Waals surface area contributed by atoms with Gasteiger partial charge in [-0.1, -0.05) is 26.1 Å². The number of nitrogens with zero attached hydrogens (tertiary/aromatic N) is 1. The van der Waals surface area contributed by atoms with Gasteiger partial charge in [0.05, 0.1) is 10.4 Å². The van der Waals surface area contributed by atoms with Gasteiger partial charge in [-0.15, -0.1) is 0 Å². The number of rotatable bonds is 8. The van der Waals surface area contributed by atoms with E-state index >= 15 is 0 Å². The lowest BCUT2D eigenvalue weighted by atomic mass is 9.86. The molecule has 0 aliphatic rings. The lowest BCUT2D eigenvalue weighted by Gasteiger charge is -2.27. The normalized spacial score (nSPS) is 16.1. The summed E-state index contributed by atoms with van der Waals surface area (Å²) in [5.74, 6) is -0.0740. The van der Waals surface area contributed by atoms with Crippen molar-refractivity contribution in [3.8, 4) is 0 Å². The Morgan fingerprint density at radius 2 is 2.06 bits per heavy atom. The van der Waals surface area contributed by atoms with Gasteiger partial charge in [0, 0.05) is 19.1 Å². The van der Waals surface area contributed by atoms with Crippen LogP contribution in [0.25, 0.3) is 0 Å². The molecular weight excluding hydrogens is 246 g/mol. The predicted octanol–water partition coefficient (Wildman–Crippen LogP) is 1.54. The van der Waals surface area contributed by atoms with Gasteiger partial charge >= 0.3 is 0 Å². The summed E-state index contributed by atoms with van der Waals surface area (Å²) in [6, 6.07) is 0.523. The first-order valence-corrected chi connectivity index (χ1v) is 6.98. The molecule has 0 aromatic rings. The van der Waals surface area contributed by atoms with E-state index in [2.05, 4.69) is 31.1 Å². The summed E-state index contributed by atoms with van der Waals surface area (Å²) in [6.45, 7) is 9.50. The third-order valence-electron chi connectivity index (χ3n) is 3.85. The largest absolute Gasteiger partial charge is 0.392 e. The second-order valence-electron chi connectivity index (χ2n) is 5.04. The van der Waals surface area contributed by atoms with E-state index in [1.165, 1.54) is 0 Å². The first-order valence-electron chi connectivity index (χ1n) is 6.58. The lowest BCUT2D eigenvalue weighted by molar-refractivity contribution is -0.127. The molecule has 0 aliphatic carbocycles. The molecule has 4 nitrogen and oxygen atoms in total. The molecule has 0 rings (SSSR count). The predicted molar refractivity (Wildman–Crippen MR) is 80.6 cm³/mol.